The Kier molecular flexibility index (Phi) is 6.81. The first-order valence-electron chi connectivity index (χ1n) is 8.58. The number of hydrogen-bond donors (Lipinski definition) is 1. The predicted octanol–water partition coefficient (Wildman–Crippen LogP) is 2.11. The third-order valence-electron chi connectivity index (χ3n) is 5.04. The van der Waals surface area contributed by atoms with E-state index in [0.717, 1.165) is 12.8 Å². The number of piperidine rings is 2. The zero-order chi connectivity index (χ0) is 18.1. The van der Waals surface area contributed by atoms with E-state index in [-0.39, 0.29) is 43.2 Å². The first kappa shape index (κ1) is 21.3. The summed E-state index contributed by atoms with van der Waals surface area (Å²) in [4.78, 5) is 6.13. The molecule has 0 bridgehead atoms. The van der Waals surface area contributed by atoms with Crippen molar-refractivity contribution in [2.75, 3.05) is 38.1 Å². The molecular formula is C16H25ClF2N4O2S. The SMILES string of the molecule is CNC1CCN(S(=O)(=O)c2ccc(N3CCC(F)(F)CC3)nc2)CC1.Cl. The summed E-state index contributed by atoms with van der Waals surface area (Å²) in [5, 5.41) is 3.17. The summed E-state index contributed by atoms with van der Waals surface area (Å²) in [6.45, 7) is 1.42. The lowest BCUT2D eigenvalue weighted by Crippen LogP contribution is -2.43. The first-order valence-corrected chi connectivity index (χ1v) is 10.0. The van der Waals surface area contributed by atoms with Gasteiger partial charge in [-0.15, -0.1) is 12.4 Å². The minimum Gasteiger partial charge on any atom is -0.356 e. The van der Waals surface area contributed by atoms with E-state index in [0.29, 0.717) is 24.9 Å². The molecule has 0 aliphatic carbocycles. The Hall–Kier alpha value is -1.03. The Morgan fingerprint density at radius 3 is 2.27 bits per heavy atom. The number of anilines is 1. The van der Waals surface area contributed by atoms with Crippen LogP contribution in [0.1, 0.15) is 25.7 Å². The Morgan fingerprint density at radius 2 is 1.77 bits per heavy atom. The first-order chi connectivity index (χ1) is 11.8. The van der Waals surface area contributed by atoms with Crippen molar-refractivity contribution < 1.29 is 17.2 Å². The number of pyridine rings is 1. The van der Waals surface area contributed by atoms with Gasteiger partial charge >= 0.3 is 0 Å². The minimum atomic E-state index is -3.56. The summed E-state index contributed by atoms with van der Waals surface area (Å²) < 4.78 is 53.4. The van der Waals surface area contributed by atoms with Crippen LogP contribution in [0.15, 0.2) is 23.2 Å². The second kappa shape index (κ2) is 8.33. The van der Waals surface area contributed by atoms with Crippen molar-refractivity contribution in [3.05, 3.63) is 18.3 Å². The molecule has 0 amide bonds. The summed E-state index contributed by atoms with van der Waals surface area (Å²) in [6, 6.07) is 3.48. The number of hydrogen-bond acceptors (Lipinski definition) is 5. The summed E-state index contributed by atoms with van der Waals surface area (Å²) in [7, 11) is -1.67. The highest BCUT2D eigenvalue weighted by Crippen LogP contribution is 2.30. The molecule has 1 aromatic heterocycles. The van der Waals surface area contributed by atoms with Crippen LogP contribution < -0.4 is 10.2 Å². The van der Waals surface area contributed by atoms with Crippen LogP contribution in [0.25, 0.3) is 0 Å². The third-order valence-corrected chi connectivity index (χ3v) is 6.92. The van der Waals surface area contributed by atoms with E-state index < -0.39 is 15.9 Å². The van der Waals surface area contributed by atoms with Crippen molar-refractivity contribution >= 4 is 28.2 Å². The van der Waals surface area contributed by atoms with Crippen molar-refractivity contribution in [2.24, 2.45) is 0 Å². The highest BCUT2D eigenvalue weighted by Gasteiger charge is 2.34. The van der Waals surface area contributed by atoms with Crippen molar-refractivity contribution in [3.8, 4) is 0 Å². The van der Waals surface area contributed by atoms with Crippen LogP contribution in [-0.4, -0.2) is 62.9 Å². The maximum Gasteiger partial charge on any atom is 0.251 e. The van der Waals surface area contributed by atoms with Crippen molar-refractivity contribution in [2.45, 2.75) is 42.5 Å². The Balaban J connectivity index is 0.00000243. The van der Waals surface area contributed by atoms with Crippen LogP contribution in [0.3, 0.4) is 0 Å². The smallest absolute Gasteiger partial charge is 0.251 e. The molecule has 10 heteroatoms. The zero-order valence-electron chi connectivity index (χ0n) is 14.7. The number of nitrogens with one attached hydrogen (secondary N) is 1. The minimum absolute atomic E-state index is 0. The van der Waals surface area contributed by atoms with Gasteiger partial charge in [-0.2, -0.15) is 4.31 Å². The van der Waals surface area contributed by atoms with Gasteiger partial charge in [-0.25, -0.2) is 22.2 Å². The predicted molar refractivity (Wildman–Crippen MR) is 98.7 cm³/mol. The standard InChI is InChI=1S/C16H24F2N4O2S.ClH/c1-19-13-4-8-22(9-5-13)25(23,24)14-2-3-15(20-12-14)21-10-6-16(17,18)7-11-21;/h2-3,12-13,19H,4-11H2,1H3;1H. The van der Waals surface area contributed by atoms with E-state index in [2.05, 4.69) is 10.3 Å². The van der Waals surface area contributed by atoms with Crippen LogP contribution in [0.2, 0.25) is 0 Å². The van der Waals surface area contributed by atoms with Gasteiger partial charge in [0.15, 0.2) is 0 Å². The summed E-state index contributed by atoms with van der Waals surface area (Å²) in [5.74, 6) is -2.07. The largest absolute Gasteiger partial charge is 0.356 e. The molecule has 2 aliphatic heterocycles. The fourth-order valence-electron chi connectivity index (χ4n) is 3.31. The van der Waals surface area contributed by atoms with Gasteiger partial charge in [0.25, 0.3) is 5.92 Å². The number of aromatic nitrogens is 1. The number of nitrogens with zero attached hydrogens (tertiary/aromatic N) is 3. The van der Waals surface area contributed by atoms with Gasteiger partial charge in [0.05, 0.1) is 0 Å². The second-order valence-electron chi connectivity index (χ2n) is 6.66. The molecule has 6 nitrogen and oxygen atoms in total. The molecular weight excluding hydrogens is 386 g/mol. The Bertz CT molecular complexity index is 685. The van der Waals surface area contributed by atoms with Crippen LogP contribution in [0.4, 0.5) is 14.6 Å². The maximum absolute atomic E-state index is 13.2. The monoisotopic (exact) mass is 410 g/mol. The van der Waals surface area contributed by atoms with Gasteiger partial charge in [0, 0.05) is 51.3 Å². The van der Waals surface area contributed by atoms with E-state index in [1.54, 1.807) is 11.0 Å². The van der Waals surface area contributed by atoms with E-state index in [4.69, 9.17) is 0 Å². The van der Waals surface area contributed by atoms with E-state index in [9.17, 15) is 17.2 Å². The molecule has 148 valence electrons. The van der Waals surface area contributed by atoms with E-state index >= 15 is 0 Å². The average Bonchev–Trinajstić information content (AvgIpc) is 2.62. The maximum atomic E-state index is 13.2. The molecule has 0 unspecified atom stereocenters. The third kappa shape index (κ3) is 4.62. The number of rotatable bonds is 4. The summed E-state index contributed by atoms with van der Waals surface area (Å²) >= 11 is 0. The Morgan fingerprint density at radius 1 is 1.15 bits per heavy atom. The number of alkyl halides is 2. The lowest BCUT2D eigenvalue weighted by Gasteiger charge is -2.33. The fraction of sp³-hybridized carbons (Fsp3) is 0.688. The van der Waals surface area contributed by atoms with Crippen LogP contribution in [-0.2, 0) is 10.0 Å². The highest BCUT2D eigenvalue weighted by atomic mass is 35.5. The van der Waals surface area contributed by atoms with Gasteiger partial charge in [0.2, 0.25) is 10.0 Å². The van der Waals surface area contributed by atoms with Crippen LogP contribution in [0.5, 0.6) is 0 Å². The van der Waals surface area contributed by atoms with Gasteiger partial charge < -0.3 is 10.2 Å². The van der Waals surface area contributed by atoms with E-state index in [1.165, 1.54) is 16.6 Å². The molecule has 0 radical (unpaired) electrons. The molecule has 2 aliphatic rings. The zero-order valence-corrected chi connectivity index (χ0v) is 16.3. The fourth-order valence-corrected chi connectivity index (χ4v) is 4.72. The van der Waals surface area contributed by atoms with Gasteiger partial charge in [-0.05, 0) is 32.0 Å². The summed E-state index contributed by atoms with van der Waals surface area (Å²) in [5.41, 5.74) is 0. The van der Waals surface area contributed by atoms with Gasteiger partial charge in [0.1, 0.15) is 10.7 Å². The normalized spacial score (nSPS) is 22.0. The Labute approximate surface area is 159 Å². The average molecular weight is 411 g/mol. The molecule has 3 rings (SSSR count). The quantitative estimate of drug-likeness (QED) is 0.823. The summed E-state index contributed by atoms with van der Waals surface area (Å²) in [6.07, 6.45) is 2.50. The molecule has 2 saturated heterocycles. The lowest BCUT2D eigenvalue weighted by molar-refractivity contribution is -0.0221. The second-order valence-corrected chi connectivity index (χ2v) is 8.60. The van der Waals surface area contributed by atoms with Gasteiger partial charge in [-0.1, -0.05) is 0 Å². The molecule has 3 heterocycles. The van der Waals surface area contributed by atoms with E-state index in [1.807, 2.05) is 7.05 Å². The molecule has 2 fully saturated rings. The molecule has 26 heavy (non-hydrogen) atoms. The molecule has 0 saturated carbocycles. The van der Waals surface area contributed by atoms with Crippen LogP contribution in [0, 0.1) is 0 Å². The number of halogens is 3. The van der Waals surface area contributed by atoms with Crippen LogP contribution >= 0.6 is 12.4 Å². The van der Waals surface area contributed by atoms with Crippen molar-refractivity contribution in [1.82, 2.24) is 14.6 Å². The highest BCUT2D eigenvalue weighted by molar-refractivity contribution is 7.89. The van der Waals surface area contributed by atoms with Crippen molar-refractivity contribution in [1.29, 1.82) is 0 Å². The molecule has 1 aromatic rings. The molecule has 0 spiro atoms. The lowest BCUT2D eigenvalue weighted by atomic mass is 10.1. The molecule has 0 atom stereocenters. The van der Waals surface area contributed by atoms with Gasteiger partial charge in [-0.3, -0.25) is 0 Å². The number of sulfonamides is 1. The molecule has 0 aromatic carbocycles. The molecule has 1 N–H and O–H groups in total. The van der Waals surface area contributed by atoms with Crippen molar-refractivity contribution in [3.63, 3.8) is 0 Å². The topological polar surface area (TPSA) is 65.5 Å².